The zero-order valence-electron chi connectivity index (χ0n) is 10.7. The van der Waals surface area contributed by atoms with E-state index in [1.807, 2.05) is 37.3 Å². The highest BCUT2D eigenvalue weighted by Gasteiger charge is 2.13. The van der Waals surface area contributed by atoms with Crippen LogP contribution in [-0.4, -0.2) is 10.9 Å². The van der Waals surface area contributed by atoms with E-state index in [2.05, 4.69) is 26.2 Å². The summed E-state index contributed by atoms with van der Waals surface area (Å²) in [6, 6.07) is 12.8. The zero-order chi connectivity index (χ0) is 14.1. The first kappa shape index (κ1) is 12.9. The van der Waals surface area contributed by atoms with E-state index >= 15 is 0 Å². The number of halogens is 1. The van der Waals surface area contributed by atoms with Gasteiger partial charge in [-0.2, -0.15) is 0 Å². The predicted octanol–water partition coefficient (Wildman–Crippen LogP) is 4.15. The van der Waals surface area contributed by atoms with Crippen molar-refractivity contribution in [2.24, 2.45) is 0 Å². The number of anilines is 1. The molecule has 0 aliphatic rings. The monoisotopic (exact) mass is 330 g/mol. The quantitative estimate of drug-likeness (QED) is 0.767. The Balaban J connectivity index is 1.88. The first-order valence-electron chi connectivity index (χ1n) is 6.06. The van der Waals surface area contributed by atoms with E-state index in [4.69, 9.17) is 4.42 Å². The van der Waals surface area contributed by atoms with Crippen LogP contribution in [0, 0.1) is 6.92 Å². The Morgan fingerprint density at radius 2 is 2.10 bits per heavy atom. The van der Waals surface area contributed by atoms with E-state index < -0.39 is 0 Å². The number of pyridine rings is 1. The molecule has 0 aliphatic heterocycles. The second-order valence-electron chi connectivity index (χ2n) is 4.41. The lowest BCUT2D eigenvalue weighted by Gasteiger charge is -2.02. The van der Waals surface area contributed by atoms with Crippen LogP contribution >= 0.6 is 15.9 Å². The van der Waals surface area contributed by atoms with Crippen LogP contribution in [0.5, 0.6) is 0 Å². The van der Waals surface area contributed by atoms with E-state index in [0.717, 1.165) is 15.6 Å². The van der Waals surface area contributed by atoms with Gasteiger partial charge in [-0.15, -0.1) is 0 Å². The topological polar surface area (TPSA) is 55.1 Å². The predicted molar refractivity (Wildman–Crippen MR) is 80.8 cm³/mol. The van der Waals surface area contributed by atoms with Crippen molar-refractivity contribution in [2.45, 2.75) is 6.92 Å². The molecule has 0 radical (unpaired) electrons. The van der Waals surface area contributed by atoms with Gasteiger partial charge in [0.2, 0.25) is 0 Å². The van der Waals surface area contributed by atoms with Gasteiger partial charge in [0.1, 0.15) is 11.4 Å². The maximum absolute atomic E-state index is 12.1. The lowest BCUT2D eigenvalue weighted by atomic mass is 10.2. The molecule has 20 heavy (non-hydrogen) atoms. The highest BCUT2D eigenvalue weighted by Crippen LogP contribution is 2.23. The minimum atomic E-state index is -0.310. The van der Waals surface area contributed by atoms with Gasteiger partial charge in [-0.1, -0.05) is 22.0 Å². The van der Waals surface area contributed by atoms with Crippen molar-refractivity contribution in [1.29, 1.82) is 0 Å². The molecule has 3 aromatic rings. The molecule has 4 nitrogen and oxygen atoms in total. The summed E-state index contributed by atoms with van der Waals surface area (Å²) in [4.78, 5) is 16.3. The van der Waals surface area contributed by atoms with Crippen LogP contribution in [0.25, 0.3) is 11.0 Å². The summed E-state index contributed by atoms with van der Waals surface area (Å²) in [6.45, 7) is 1.87. The van der Waals surface area contributed by atoms with Gasteiger partial charge >= 0.3 is 0 Å². The third-order valence-corrected chi connectivity index (χ3v) is 3.33. The van der Waals surface area contributed by atoms with Gasteiger partial charge in [0.25, 0.3) is 5.91 Å². The zero-order valence-corrected chi connectivity index (χ0v) is 12.3. The largest absolute Gasteiger partial charge is 0.451 e. The van der Waals surface area contributed by atoms with E-state index in [0.29, 0.717) is 11.4 Å². The van der Waals surface area contributed by atoms with E-state index in [1.54, 1.807) is 12.1 Å². The van der Waals surface area contributed by atoms with Gasteiger partial charge in [0.05, 0.1) is 0 Å². The van der Waals surface area contributed by atoms with Crippen molar-refractivity contribution in [3.63, 3.8) is 0 Å². The highest BCUT2D eigenvalue weighted by atomic mass is 79.9. The fourth-order valence-electron chi connectivity index (χ4n) is 1.92. The lowest BCUT2D eigenvalue weighted by Crippen LogP contribution is -2.12. The average molecular weight is 331 g/mol. The molecule has 0 fully saturated rings. The first-order chi connectivity index (χ1) is 9.61. The number of carbonyl (C=O) groups excluding carboxylic acids is 1. The van der Waals surface area contributed by atoms with Crippen molar-refractivity contribution < 1.29 is 9.21 Å². The van der Waals surface area contributed by atoms with Crippen LogP contribution in [0.1, 0.15) is 16.2 Å². The molecule has 0 saturated carbocycles. The molecular weight excluding hydrogens is 320 g/mol. The van der Waals surface area contributed by atoms with Crippen LogP contribution in [0.3, 0.4) is 0 Å². The Bertz CT molecular complexity index is 795. The van der Waals surface area contributed by atoms with Gasteiger partial charge in [-0.05, 0) is 43.3 Å². The molecule has 2 aromatic heterocycles. The molecule has 5 heteroatoms. The van der Waals surface area contributed by atoms with E-state index in [9.17, 15) is 4.79 Å². The summed E-state index contributed by atoms with van der Waals surface area (Å²) in [5.41, 5.74) is 1.52. The normalized spacial score (nSPS) is 10.7. The minimum Gasteiger partial charge on any atom is -0.451 e. The summed E-state index contributed by atoms with van der Waals surface area (Å²) in [5.74, 6) is 0.466. The molecule has 0 unspecified atom stereocenters. The van der Waals surface area contributed by atoms with Crippen LogP contribution < -0.4 is 5.32 Å². The van der Waals surface area contributed by atoms with E-state index in [-0.39, 0.29) is 11.7 Å². The van der Waals surface area contributed by atoms with Crippen molar-refractivity contribution >= 4 is 38.6 Å². The van der Waals surface area contributed by atoms with Gasteiger partial charge < -0.3 is 9.73 Å². The molecule has 0 saturated heterocycles. The van der Waals surface area contributed by atoms with Gasteiger partial charge in [0.15, 0.2) is 5.76 Å². The molecule has 1 N–H and O–H groups in total. The van der Waals surface area contributed by atoms with Crippen LogP contribution in [-0.2, 0) is 0 Å². The maximum Gasteiger partial charge on any atom is 0.292 e. The molecule has 100 valence electrons. The number of rotatable bonds is 2. The minimum absolute atomic E-state index is 0.265. The highest BCUT2D eigenvalue weighted by molar-refractivity contribution is 9.10. The Morgan fingerprint density at radius 3 is 2.90 bits per heavy atom. The Kier molecular flexibility index (Phi) is 3.28. The smallest absolute Gasteiger partial charge is 0.292 e. The van der Waals surface area contributed by atoms with Crippen LogP contribution in [0.15, 0.2) is 51.4 Å². The number of carbonyl (C=O) groups is 1. The number of nitrogens with one attached hydrogen (secondary N) is 1. The Labute approximate surface area is 123 Å². The van der Waals surface area contributed by atoms with Crippen LogP contribution in [0.4, 0.5) is 5.82 Å². The fourth-order valence-corrected chi connectivity index (χ4v) is 2.30. The fraction of sp³-hybridized carbons (Fsp3) is 0.0667. The molecule has 0 atom stereocenters. The summed E-state index contributed by atoms with van der Waals surface area (Å²) in [5, 5.41) is 3.60. The number of hydrogen-bond acceptors (Lipinski definition) is 3. The third kappa shape index (κ3) is 2.58. The summed E-state index contributed by atoms with van der Waals surface area (Å²) in [6.07, 6.45) is 0. The second-order valence-corrected chi connectivity index (χ2v) is 5.33. The molecular formula is C15H11BrN2O2. The average Bonchev–Trinajstić information content (AvgIpc) is 2.81. The number of fused-ring (bicyclic) bond motifs is 1. The van der Waals surface area contributed by atoms with Crippen molar-refractivity contribution in [2.75, 3.05) is 5.32 Å². The number of nitrogens with zero attached hydrogens (tertiary/aromatic N) is 1. The SMILES string of the molecule is Cc1cccc(NC(=O)c2cc3cc(Br)ccc3o2)n1. The number of amides is 1. The number of hydrogen-bond donors (Lipinski definition) is 1. The van der Waals surface area contributed by atoms with Gasteiger partial charge in [0, 0.05) is 15.6 Å². The molecule has 1 aromatic carbocycles. The van der Waals surface area contributed by atoms with E-state index in [1.165, 1.54) is 0 Å². The molecule has 0 bridgehead atoms. The molecule has 0 spiro atoms. The van der Waals surface area contributed by atoms with Gasteiger partial charge in [-0.25, -0.2) is 4.98 Å². The maximum atomic E-state index is 12.1. The number of aromatic nitrogens is 1. The summed E-state index contributed by atoms with van der Waals surface area (Å²) in [7, 11) is 0. The standard InChI is InChI=1S/C15H11BrN2O2/c1-9-3-2-4-14(17-9)18-15(19)13-8-10-7-11(16)5-6-12(10)20-13/h2-8H,1H3,(H,17,18,19). The summed E-state index contributed by atoms with van der Waals surface area (Å²) >= 11 is 3.39. The number of benzene rings is 1. The van der Waals surface area contributed by atoms with Crippen molar-refractivity contribution in [3.05, 3.63) is 58.4 Å². The molecule has 3 rings (SSSR count). The third-order valence-electron chi connectivity index (χ3n) is 2.83. The Hall–Kier alpha value is -2.14. The van der Waals surface area contributed by atoms with Gasteiger partial charge in [-0.3, -0.25) is 4.79 Å². The van der Waals surface area contributed by atoms with Crippen LogP contribution in [0.2, 0.25) is 0 Å². The number of furan rings is 1. The molecule has 0 aliphatic carbocycles. The lowest BCUT2D eigenvalue weighted by molar-refractivity contribution is 0.0998. The van der Waals surface area contributed by atoms with Crippen molar-refractivity contribution in [3.8, 4) is 0 Å². The molecule has 1 amide bonds. The molecule has 2 heterocycles. The second kappa shape index (κ2) is 5.09. The summed E-state index contributed by atoms with van der Waals surface area (Å²) < 4.78 is 6.47. The Morgan fingerprint density at radius 1 is 1.25 bits per heavy atom. The number of aryl methyl sites for hydroxylation is 1. The van der Waals surface area contributed by atoms with Crippen molar-refractivity contribution in [1.82, 2.24) is 4.98 Å². The first-order valence-corrected chi connectivity index (χ1v) is 6.85.